The van der Waals surface area contributed by atoms with Gasteiger partial charge in [-0.2, -0.15) is 0 Å². The van der Waals surface area contributed by atoms with Gasteiger partial charge in [0.25, 0.3) is 0 Å². The second kappa shape index (κ2) is 6.29. The van der Waals surface area contributed by atoms with Crippen LogP contribution in [0.15, 0.2) is 48.5 Å². The lowest BCUT2D eigenvalue weighted by Gasteiger charge is -2.11. The van der Waals surface area contributed by atoms with E-state index in [2.05, 4.69) is 9.88 Å². The van der Waals surface area contributed by atoms with Crippen LogP contribution in [0.5, 0.6) is 0 Å². The number of para-hydroxylation sites is 2. The van der Waals surface area contributed by atoms with Crippen molar-refractivity contribution in [3.05, 3.63) is 64.9 Å². The molecule has 1 N–H and O–H groups in total. The summed E-state index contributed by atoms with van der Waals surface area (Å²) in [5.74, 6) is 1.18. The van der Waals surface area contributed by atoms with Crippen molar-refractivity contribution in [1.29, 1.82) is 0 Å². The van der Waals surface area contributed by atoms with Gasteiger partial charge in [-0.15, -0.1) is 0 Å². The van der Waals surface area contributed by atoms with Gasteiger partial charge in [-0.05, 0) is 36.6 Å². The molecule has 1 aliphatic carbocycles. The van der Waals surface area contributed by atoms with Gasteiger partial charge in [0.05, 0.1) is 24.1 Å². The van der Waals surface area contributed by atoms with E-state index < -0.39 is 0 Å². The van der Waals surface area contributed by atoms with Crippen molar-refractivity contribution in [3.8, 4) is 0 Å². The first-order valence-corrected chi connectivity index (χ1v) is 8.55. The number of hydrogen-bond acceptors (Lipinski definition) is 2. The summed E-state index contributed by atoms with van der Waals surface area (Å²) < 4.78 is 2.13. The maximum Gasteiger partial charge on any atom is 0.223 e. The van der Waals surface area contributed by atoms with Gasteiger partial charge in [0.1, 0.15) is 5.82 Å². The molecule has 0 atom stereocenters. The number of hydrogen-bond donors (Lipinski definition) is 1. The molecule has 0 saturated heterocycles. The summed E-state index contributed by atoms with van der Waals surface area (Å²) in [5.41, 5.74) is 3.02. The lowest BCUT2D eigenvalue weighted by molar-refractivity contribution is -0.122. The molecule has 4 rings (SSSR count). The number of benzene rings is 2. The Bertz CT molecular complexity index is 899. The highest BCUT2D eigenvalue weighted by Crippen LogP contribution is 2.29. The van der Waals surface area contributed by atoms with Gasteiger partial charge in [-0.1, -0.05) is 41.9 Å². The van der Waals surface area contributed by atoms with E-state index in [0.29, 0.717) is 13.1 Å². The average Bonchev–Trinajstić information content (AvgIpc) is 3.39. The summed E-state index contributed by atoms with van der Waals surface area (Å²) >= 11 is 6.32. The van der Waals surface area contributed by atoms with Gasteiger partial charge in [-0.3, -0.25) is 4.79 Å². The molecule has 3 aromatic rings. The molecular weight excluding hydrogens is 322 g/mol. The smallest absolute Gasteiger partial charge is 0.223 e. The van der Waals surface area contributed by atoms with E-state index in [9.17, 15) is 4.79 Å². The summed E-state index contributed by atoms with van der Waals surface area (Å²) in [6.07, 6.45) is 2.00. The third-order valence-electron chi connectivity index (χ3n) is 4.39. The van der Waals surface area contributed by atoms with E-state index in [1.807, 2.05) is 48.5 Å². The number of nitrogens with zero attached hydrogens (tertiary/aromatic N) is 2. The van der Waals surface area contributed by atoms with Crippen molar-refractivity contribution in [1.82, 2.24) is 14.9 Å². The first-order chi connectivity index (χ1) is 11.7. The van der Waals surface area contributed by atoms with Crippen molar-refractivity contribution in [2.24, 2.45) is 5.92 Å². The van der Waals surface area contributed by atoms with Crippen molar-refractivity contribution in [3.63, 3.8) is 0 Å². The third-order valence-corrected chi connectivity index (χ3v) is 4.76. The highest BCUT2D eigenvalue weighted by molar-refractivity contribution is 6.31. The number of amides is 1. The molecule has 122 valence electrons. The van der Waals surface area contributed by atoms with Crippen LogP contribution in [0.3, 0.4) is 0 Å². The summed E-state index contributed by atoms with van der Waals surface area (Å²) in [5, 5.41) is 3.75. The van der Waals surface area contributed by atoms with Crippen LogP contribution in [0.1, 0.15) is 24.2 Å². The monoisotopic (exact) mass is 339 g/mol. The van der Waals surface area contributed by atoms with E-state index in [-0.39, 0.29) is 11.8 Å². The molecule has 2 aromatic carbocycles. The van der Waals surface area contributed by atoms with Gasteiger partial charge in [0.15, 0.2) is 0 Å². The number of rotatable bonds is 5. The van der Waals surface area contributed by atoms with Crippen molar-refractivity contribution in [2.45, 2.75) is 25.9 Å². The largest absolute Gasteiger partial charge is 0.349 e. The van der Waals surface area contributed by atoms with Gasteiger partial charge < -0.3 is 9.88 Å². The molecule has 0 radical (unpaired) electrons. The minimum absolute atomic E-state index is 0.131. The zero-order valence-corrected chi connectivity index (χ0v) is 14.0. The topological polar surface area (TPSA) is 46.9 Å². The first kappa shape index (κ1) is 15.2. The standard InChI is InChI=1S/C19H18ClN3O/c20-15-6-2-1-5-14(15)12-23-17-8-4-3-7-16(17)22-18(23)11-21-19(24)13-9-10-13/h1-8,13H,9-12H2,(H,21,24). The third kappa shape index (κ3) is 3.02. The number of imidazole rings is 1. The Balaban J connectivity index is 1.67. The summed E-state index contributed by atoms with van der Waals surface area (Å²) in [7, 11) is 0. The number of carbonyl (C=O) groups is 1. The molecule has 1 aliphatic rings. The molecule has 0 unspecified atom stereocenters. The Morgan fingerprint density at radius 3 is 2.71 bits per heavy atom. The van der Waals surface area contributed by atoms with Crippen molar-refractivity contribution in [2.75, 3.05) is 0 Å². The maximum absolute atomic E-state index is 11.9. The highest BCUT2D eigenvalue weighted by Gasteiger charge is 2.29. The van der Waals surface area contributed by atoms with Crippen LogP contribution in [0.4, 0.5) is 0 Å². The number of aromatic nitrogens is 2. The second-order valence-corrected chi connectivity index (χ2v) is 6.59. The number of carbonyl (C=O) groups excluding carboxylic acids is 1. The van der Waals surface area contributed by atoms with Gasteiger partial charge in [-0.25, -0.2) is 4.98 Å². The molecule has 1 heterocycles. The fourth-order valence-corrected chi connectivity index (χ4v) is 3.09. The fourth-order valence-electron chi connectivity index (χ4n) is 2.89. The summed E-state index contributed by atoms with van der Waals surface area (Å²) in [6.45, 7) is 1.07. The molecule has 24 heavy (non-hydrogen) atoms. The van der Waals surface area contributed by atoms with Crippen LogP contribution in [0, 0.1) is 5.92 Å². The van der Waals surface area contributed by atoms with E-state index in [1.54, 1.807) is 0 Å². The fraction of sp³-hybridized carbons (Fsp3) is 0.263. The normalized spacial score (nSPS) is 14.0. The zero-order chi connectivity index (χ0) is 16.5. The quantitative estimate of drug-likeness (QED) is 0.769. The molecule has 0 spiro atoms. The summed E-state index contributed by atoms with van der Waals surface area (Å²) in [4.78, 5) is 16.6. The zero-order valence-electron chi connectivity index (χ0n) is 13.2. The minimum Gasteiger partial charge on any atom is -0.349 e. The second-order valence-electron chi connectivity index (χ2n) is 6.19. The Kier molecular flexibility index (Phi) is 3.98. The molecule has 5 heteroatoms. The Labute approximate surface area is 145 Å². The van der Waals surface area contributed by atoms with Gasteiger partial charge in [0, 0.05) is 10.9 Å². The van der Waals surface area contributed by atoms with Crippen LogP contribution >= 0.6 is 11.6 Å². The maximum atomic E-state index is 11.9. The molecule has 1 amide bonds. The predicted octanol–water partition coefficient (Wildman–Crippen LogP) is 3.76. The van der Waals surface area contributed by atoms with Crippen molar-refractivity contribution >= 4 is 28.5 Å². The van der Waals surface area contributed by atoms with Crippen LogP contribution in [0.25, 0.3) is 11.0 Å². The van der Waals surface area contributed by atoms with Crippen LogP contribution in [0.2, 0.25) is 5.02 Å². The Morgan fingerprint density at radius 1 is 1.17 bits per heavy atom. The number of fused-ring (bicyclic) bond motifs is 1. The SMILES string of the molecule is O=C(NCc1nc2ccccc2n1Cc1ccccc1Cl)C1CC1. The number of nitrogens with one attached hydrogen (secondary N) is 1. The Hall–Kier alpha value is -2.33. The molecule has 0 bridgehead atoms. The van der Waals surface area contributed by atoms with E-state index in [1.165, 1.54) is 0 Å². The average molecular weight is 340 g/mol. The van der Waals surface area contributed by atoms with E-state index in [0.717, 1.165) is 40.3 Å². The molecule has 1 fully saturated rings. The molecule has 1 aromatic heterocycles. The number of halogens is 1. The predicted molar refractivity (Wildman–Crippen MR) is 94.9 cm³/mol. The molecule has 4 nitrogen and oxygen atoms in total. The minimum atomic E-state index is 0.131. The Morgan fingerprint density at radius 2 is 1.92 bits per heavy atom. The van der Waals surface area contributed by atoms with Crippen LogP contribution < -0.4 is 5.32 Å². The van der Waals surface area contributed by atoms with Gasteiger partial charge >= 0.3 is 0 Å². The molecular formula is C19H18ClN3O. The molecule has 1 saturated carbocycles. The van der Waals surface area contributed by atoms with E-state index in [4.69, 9.17) is 16.6 Å². The first-order valence-electron chi connectivity index (χ1n) is 8.17. The lowest BCUT2D eigenvalue weighted by atomic mass is 10.2. The van der Waals surface area contributed by atoms with Crippen molar-refractivity contribution < 1.29 is 4.79 Å². The van der Waals surface area contributed by atoms with Crippen LogP contribution in [-0.4, -0.2) is 15.5 Å². The summed E-state index contributed by atoms with van der Waals surface area (Å²) in [6, 6.07) is 15.8. The lowest BCUT2D eigenvalue weighted by Crippen LogP contribution is -2.26. The molecule has 0 aliphatic heterocycles. The van der Waals surface area contributed by atoms with Crippen LogP contribution in [-0.2, 0) is 17.9 Å². The van der Waals surface area contributed by atoms with Gasteiger partial charge in [0.2, 0.25) is 5.91 Å². The highest BCUT2D eigenvalue weighted by atomic mass is 35.5. The van der Waals surface area contributed by atoms with E-state index >= 15 is 0 Å².